The van der Waals surface area contributed by atoms with Crippen LogP contribution in [0.25, 0.3) is 12.2 Å². The first kappa shape index (κ1) is 10.9. The van der Waals surface area contributed by atoms with Crippen LogP contribution in [0.3, 0.4) is 0 Å². The van der Waals surface area contributed by atoms with Crippen LogP contribution in [0, 0.1) is 0 Å². The number of aldehydes is 1. The Hall–Kier alpha value is -2.16. The van der Waals surface area contributed by atoms with Crippen molar-refractivity contribution in [2.75, 3.05) is 0 Å². The van der Waals surface area contributed by atoms with E-state index in [2.05, 4.69) is 0 Å². The van der Waals surface area contributed by atoms with Gasteiger partial charge in [0.2, 0.25) is 0 Å². The lowest BCUT2D eigenvalue weighted by molar-refractivity contribution is -0.131. The summed E-state index contributed by atoms with van der Waals surface area (Å²) in [5.74, 6) is -0.996. The topological polar surface area (TPSA) is 54.4 Å². The van der Waals surface area contributed by atoms with Gasteiger partial charge in [0.05, 0.1) is 0 Å². The predicted molar refractivity (Wildman–Crippen MR) is 58.2 cm³/mol. The van der Waals surface area contributed by atoms with Gasteiger partial charge in [-0.3, -0.25) is 4.79 Å². The van der Waals surface area contributed by atoms with Crippen molar-refractivity contribution in [2.45, 2.75) is 0 Å². The van der Waals surface area contributed by atoms with Gasteiger partial charge in [-0.25, -0.2) is 4.79 Å². The SMILES string of the molecule is O=CC=Cc1ccccc1/C=C/C(=O)O. The minimum Gasteiger partial charge on any atom is -0.478 e. The molecule has 0 saturated heterocycles. The van der Waals surface area contributed by atoms with Gasteiger partial charge in [-0.05, 0) is 23.3 Å². The largest absolute Gasteiger partial charge is 0.478 e. The molecule has 3 heteroatoms. The Bertz CT molecular complexity index is 417. The highest BCUT2D eigenvalue weighted by molar-refractivity contribution is 5.86. The summed E-state index contributed by atoms with van der Waals surface area (Å²) in [6.45, 7) is 0. The maximum Gasteiger partial charge on any atom is 0.328 e. The van der Waals surface area contributed by atoms with Crippen molar-refractivity contribution in [2.24, 2.45) is 0 Å². The van der Waals surface area contributed by atoms with E-state index in [0.717, 1.165) is 17.2 Å². The van der Waals surface area contributed by atoms with Crippen LogP contribution in [0.4, 0.5) is 0 Å². The van der Waals surface area contributed by atoms with Crippen LogP contribution < -0.4 is 0 Å². The molecule has 0 spiro atoms. The zero-order valence-electron chi connectivity index (χ0n) is 7.96. The molecule has 0 fully saturated rings. The van der Waals surface area contributed by atoms with Crippen LogP contribution in [0.2, 0.25) is 0 Å². The van der Waals surface area contributed by atoms with Gasteiger partial charge >= 0.3 is 5.97 Å². The first-order valence-electron chi connectivity index (χ1n) is 4.36. The number of carboxylic acids is 1. The summed E-state index contributed by atoms with van der Waals surface area (Å²) in [6.07, 6.45) is 6.24. The highest BCUT2D eigenvalue weighted by atomic mass is 16.4. The fraction of sp³-hybridized carbons (Fsp3) is 0. The van der Waals surface area contributed by atoms with E-state index in [4.69, 9.17) is 5.11 Å². The molecule has 0 bridgehead atoms. The van der Waals surface area contributed by atoms with E-state index in [1.165, 1.54) is 12.2 Å². The van der Waals surface area contributed by atoms with E-state index in [1.807, 2.05) is 12.1 Å². The average molecular weight is 202 g/mol. The van der Waals surface area contributed by atoms with Crippen molar-refractivity contribution in [1.82, 2.24) is 0 Å². The Morgan fingerprint density at radius 1 is 1.13 bits per heavy atom. The summed E-state index contributed by atoms with van der Waals surface area (Å²) in [6, 6.07) is 7.22. The molecule has 15 heavy (non-hydrogen) atoms. The van der Waals surface area contributed by atoms with E-state index in [1.54, 1.807) is 18.2 Å². The molecule has 1 aromatic rings. The van der Waals surface area contributed by atoms with Crippen molar-refractivity contribution in [3.63, 3.8) is 0 Å². The summed E-state index contributed by atoms with van der Waals surface area (Å²) in [7, 11) is 0. The van der Waals surface area contributed by atoms with Crippen molar-refractivity contribution in [3.05, 3.63) is 47.5 Å². The number of benzene rings is 1. The van der Waals surface area contributed by atoms with Crippen LogP contribution in [0.15, 0.2) is 36.4 Å². The minimum atomic E-state index is -0.996. The summed E-state index contributed by atoms with van der Waals surface area (Å²) < 4.78 is 0. The molecule has 0 aliphatic carbocycles. The quantitative estimate of drug-likeness (QED) is 0.600. The maximum atomic E-state index is 10.3. The second-order valence-corrected chi connectivity index (χ2v) is 2.80. The highest BCUT2D eigenvalue weighted by Crippen LogP contribution is 2.12. The van der Waals surface area contributed by atoms with E-state index < -0.39 is 5.97 Å². The van der Waals surface area contributed by atoms with Gasteiger partial charge in [-0.2, -0.15) is 0 Å². The molecule has 1 N–H and O–H groups in total. The first-order valence-corrected chi connectivity index (χ1v) is 4.36. The Morgan fingerprint density at radius 2 is 1.73 bits per heavy atom. The third-order valence-electron chi connectivity index (χ3n) is 1.76. The number of hydrogen-bond acceptors (Lipinski definition) is 2. The van der Waals surface area contributed by atoms with Gasteiger partial charge < -0.3 is 5.11 Å². The van der Waals surface area contributed by atoms with Crippen molar-refractivity contribution in [1.29, 1.82) is 0 Å². The molecule has 0 aromatic heterocycles. The maximum absolute atomic E-state index is 10.3. The van der Waals surface area contributed by atoms with Crippen LogP contribution in [0.1, 0.15) is 11.1 Å². The number of rotatable bonds is 4. The Balaban J connectivity index is 3.00. The van der Waals surface area contributed by atoms with E-state index in [0.29, 0.717) is 6.29 Å². The lowest BCUT2D eigenvalue weighted by Crippen LogP contribution is -1.87. The zero-order valence-corrected chi connectivity index (χ0v) is 7.96. The summed E-state index contributed by atoms with van der Waals surface area (Å²) >= 11 is 0. The third kappa shape index (κ3) is 3.60. The Labute approximate surface area is 87.4 Å². The van der Waals surface area contributed by atoms with Gasteiger partial charge in [0, 0.05) is 6.08 Å². The number of carboxylic acid groups (broad SMARTS) is 1. The number of carbonyl (C=O) groups excluding carboxylic acids is 1. The molecule has 0 aliphatic rings. The summed E-state index contributed by atoms with van der Waals surface area (Å²) in [5, 5.41) is 8.48. The molecule has 1 rings (SSSR count). The molecule has 0 heterocycles. The molecular formula is C12H10O3. The van der Waals surface area contributed by atoms with Gasteiger partial charge in [-0.1, -0.05) is 30.3 Å². The molecular weight excluding hydrogens is 192 g/mol. The number of aliphatic carboxylic acids is 1. The summed E-state index contributed by atoms with van der Waals surface area (Å²) in [5.41, 5.74) is 1.57. The van der Waals surface area contributed by atoms with Crippen LogP contribution >= 0.6 is 0 Å². The Morgan fingerprint density at radius 3 is 2.27 bits per heavy atom. The fourth-order valence-electron chi connectivity index (χ4n) is 1.12. The van der Waals surface area contributed by atoms with Gasteiger partial charge in [0.1, 0.15) is 6.29 Å². The molecule has 0 atom stereocenters. The molecule has 3 nitrogen and oxygen atoms in total. The van der Waals surface area contributed by atoms with Gasteiger partial charge in [-0.15, -0.1) is 0 Å². The molecule has 0 saturated carbocycles. The van der Waals surface area contributed by atoms with E-state index in [-0.39, 0.29) is 0 Å². The standard InChI is InChI=1S/C12H10O3/c13-9-3-6-10-4-1-2-5-11(10)7-8-12(14)15/h1-9H,(H,14,15)/b6-3?,8-7+. The number of allylic oxidation sites excluding steroid dienone is 1. The average Bonchev–Trinajstić information content (AvgIpc) is 2.24. The van der Waals surface area contributed by atoms with Gasteiger partial charge in [0.25, 0.3) is 0 Å². The Kier molecular flexibility index (Phi) is 4.04. The molecule has 0 radical (unpaired) electrons. The lowest BCUT2D eigenvalue weighted by atomic mass is 10.1. The predicted octanol–water partition coefficient (Wildman–Crippen LogP) is 2.00. The normalized spacial score (nSPS) is 10.9. The molecule has 0 amide bonds. The fourth-order valence-corrected chi connectivity index (χ4v) is 1.12. The van der Waals surface area contributed by atoms with Gasteiger partial charge in [0.15, 0.2) is 0 Å². The number of hydrogen-bond donors (Lipinski definition) is 1. The highest BCUT2D eigenvalue weighted by Gasteiger charge is 1.94. The lowest BCUT2D eigenvalue weighted by Gasteiger charge is -1.98. The first-order chi connectivity index (χ1) is 7.24. The van der Waals surface area contributed by atoms with Crippen molar-refractivity contribution >= 4 is 24.4 Å². The number of carbonyl (C=O) groups is 2. The van der Waals surface area contributed by atoms with Crippen molar-refractivity contribution in [3.8, 4) is 0 Å². The second-order valence-electron chi connectivity index (χ2n) is 2.80. The molecule has 0 unspecified atom stereocenters. The van der Waals surface area contributed by atoms with Crippen LogP contribution in [-0.4, -0.2) is 17.4 Å². The molecule has 76 valence electrons. The smallest absolute Gasteiger partial charge is 0.328 e. The molecule has 1 aromatic carbocycles. The van der Waals surface area contributed by atoms with E-state index in [9.17, 15) is 9.59 Å². The van der Waals surface area contributed by atoms with E-state index >= 15 is 0 Å². The minimum absolute atomic E-state index is 0.678. The molecule has 0 aliphatic heterocycles. The second kappa shape index (κ2) is 5.54. The van der Waals surface area contributed by atoms with Crippen molar-refractivity contribution < 1.29 is 14.7 Å². The van der Waals surface area contributed by atoms with Crippen LogP contribution in [0.5, 0.6) is 0 Å². The zero-order chi connectivity index (χ0) is 11.1. The summed E-state index contributed by atoms with van der Waals surface area (Å²) in [4.78, 5) is 20.5. The van der Waals surface area contributed by atoms with Crippen LogP contribution in [-0.2, 0) is 9.59 Å². The monoisotopic (exact) mass is 202 g/mol. The third-order valence-corrected chi connectivity index (χ3v) is 1.76.